The highest BCUT2D eigenvalue weighted by molar-refractivity contribution is 5.86. The molecule has 0 amide bonds. The van der Waals surface area contributed by atoms with E-state index < -0.39 is 0 Å². The zero-order valence-corrected chi connectivity index (χ0v) is 11.7. The van der Waals surface area contributed by atoms with Gasteiger partial charge in [-0.1, -0.05) is 18.2 Å². The number of hydrogen-bond acceptors (Lipinski definition) is 5. The smallest absolute Gasteiger partial charge is 0.151 e. The third kappa shape index (κ3) is 2.81. The molecule has 0 saturated carbocycles. The molecule has 2 aromatic heterocycles. The highest BCUT2D eigenvalue weighted by Gasteiger charge is 2.14. The molecule has 2 heterocycles. The molecule has 0 aromatic carbocycles. The van der Waals surface area contributed by atoms with Crippen LogP contribution < -0.4 is 11.1 Å². The third-order valence-electron chi connectivity index (χ3n) is 3.72. The minimum atomic E-state index is -0.0642. The van der Waals surface area contributed by atoms with Crippen molar-refractivity contribution in [1.29, 1.82) is 0 Å². The van der Waals surface area contributed by atoms with E-state index in [0.717, 1.165) is 35.0 Å². The van der Waals surface area contributed by atoms with E-state index in [2.05, 4.69) is 38.5 Å². The number of nitrogen functional groups attached to an aromatic ring is 1. The second-order valence-electron chi connectivity index (χ2n) is 5.10. The van der Waals surface area contributed by atoms with Crippen molar-refractivity contribution < 1.29 is 5.11 Å². The molecule has 0 unspecified atom stereocenters. The Balaban J connectivity index is 1.75. The standard InChI is InChI=1S/C15H19N5O/c16-15-14-13(19-9-20-15)11(7-18-14)6-17-12(8-21)10-4-2-1-3-5-10/h2,4-5,7,9,12,17-18,21H,1,3,6,8H2,(H2,16,19,20)/t12-/m1/s1. The van der Waals surface area contributed by atoms with Crippen LogP contribution in [-0.2, 0) is 6.54 Å². The highest BCUT2D eigenvalue weighted by atomic mass is 16.3. The van der Waals surface area contributed by atoms with Crippen LogP contribution >= 0.6 is 0 Å². The fourth-order valence-electron chi connectivity index (χ4n) is 2.56. The molecule has 0 fully saturated rings. The largest absolute Gasteiger partial charge is 0.394 e. The number of nitrogens with one attached hydrogen (secondary N) is 2. The summed E-state index contributed by atoms with van der Waals surface area (Å²) in [5.74, 6) is 0.447. The van der Waals surface area contributed by atoms with Crippen LogP contribution in [0.25, 0.3) is 11.0 Å². The summed E-state index contributed by atoms with van der Waals surface area (Å²) in [7, 11) is 0. The molecule has 0 radical (unpaired) electrons. The highest BCUT2D eigenvalue weighted by Crippen LogP contribution is 2.20. The Morgan fingerprint density at radius 3 is 3.05 bits per heavy atom. The molecule has 1 aliphatic carbocycles. The number of fused-ring (bicyclic) bond motifs is 1. The number of nitrogens with zero attached hydrogens (tertiary/aromatic N) is 2. The molecule has 0 saturated heterocycles. The molecule has 2 aromatic rings. The molecule has 0 bridgehead atoms. The van der Waals surface area contributed by atoms with Crippen LogP contribution in [0.2, 0.25) is 0 Å². The normalized spacial score (nSPS) is 16.1. The first-order valence-electron chi connectivity index (χ1n) is 7.07. The summed E-state index contributed by atoms with van der Waals surface area (Å²) in [5, 5.41) is 12.9. The first-order chi connectivity index (χ1) is 10.3. The fourth-order valence-corrected chi connectivity index (χ4v) is 2.56. The number of rotatable bonds is 5. The van der Waals surface area contributed by atoms with Crippen LogP contribution in [0.4, 0.5) is 5.82 Å². The van der Waals surface area contributed by atoms with E-state index >= 15 is 0 Å². The number of aliphatic hydroxyl groups excluding tert-OH is 1. The lowest BCUT2D eigenvalue weighted by atomic mass is 10.0. The number of aromatic amines is 1. The Hall–Kier alpha value is -2.18. The van der Waals surface area contributed by atoms with E-state index in [9.17, 15) is 5.11 Å². The lowest BCUT2D eigenvalue weighted by Crippen LogP contribution is -2.33. The van der Waals surface area contributed by atoms with Crippen molar-refractivity contribution in [1.82, 2.24) is 20.3 Å². The molecule has 3 rings (SSSR count). The molecule has 0 aliphatic heterocycles. The van der Waals surface area contributed by atoms with E-state index in [1.807, 2.05) is 6.20 Å². The zero-order valence-electron chi connectivity index (χ0n) is 11.7. The summed E-state index contributed by atoms with van der Waals surface area (Å²) in [4.78, 5) is 11.3. The summed E-state index contributed by atoms with van der Waals surface area (Å²) >= 11 is 0. The molecule has 1 atom stereocenters. The van der Waals surface area contributed by atoms with Gasteiger partial charge in [0.1, 0.15) is 11.8 Å². The van der Waals surface area contributed by atoms with Gasteiger partial charge in [0.15, 0.2) is 5.82 Å². The van der Waals surface area contributed by atoms with Crippen LogP contribution in [0.5, 0.6) is 0 Å². The average molecular weight is 285 g/mol. The van der Waals surface area contributed by atoms with Crippen molar-refractivity contribution in [3.63, 3.8) is 0 Å². The van der Waals surface area contributed by atoms with Gasteiger partial charge in [-0.05, 0) is 18.4 Å². The van der Waals surface area contributed by atoms with Gasteiger partial charge in [0.05, 0.1) is 18.2 Å². The number of H-pyrrole nitrogens is 1. The molecule has 1 aliphatic rings. The van der Waals surface area contributed by atoms with Crippen LogP contribution in [0.1, 0.15) is 18.4 Å². The maximum atomic E-state index is 9.57. The topological polar surface area (TPSA) is 99.8 Å². The van der Waals surface area contributed by atoms with E-state index in [4.69, 9.17) is 5.73 Å². The summed E-state index contributed by atoms with van der Waals surface area (Å²) < 4.78 is 0. The maximum absolute atomic E-state index is 9.57. The van der Waals surface area contributed by atoms with Crippen LogP contribution in [-0.4, -0.2) is 32.7 Å². The van der Waals surface area contributed by atoms with Gasteiger partial charge in [-0.3, -0.25) is 0 Å². The van der Waals surface area contributed by atoms with E-state index in [0.29, 0.717) is 12.4 Å². The summed E-state index contributed by atoms with van der Waals surface area (Å²) in [6, 6.07) is -0.0642. The van der Waals surface area contributed by atoms with Gasteiger partial charge >= 0.3 is 0 Å². The van der Waals surface area contributed by atoms with E-state index in [1.54, 1.807) is 0 Å². The first-order valence-corrected chi connectivity index (χ1v) is 7.07. The minimum Gasteiger partial charge on any atom is -0.394 e. The SMILES string of the molecule is Nc1ncnc2c(CN[C@H](CO)C3=CCCC=C3)c[nH]c12. The van der Waals surface area contributed by atoms with E-state index in [-0.39, 0.29) is 12.6 Å². The van der Waals surface area contributed by atoms with Crippen LogP contribution in [0.3, 0.4) is 0 Å². The van der Waals surface area contributed by atoms with Crippen molar-refractivity contribution in [3.8, 4) is 0 Å². The van der Waals surface area contributed by atoms with Crippen LogP contribution in [0.15, 0.2) is 36.3 Å². The molecule has 21 heavy (non-hydrogen) atoms. The second-order valence-corrected chi connectivity index (χ2v) is 5.10. The molecule has 6 heteroatoms. The summed E-state index contributed by atoms with van der Waals surface area (Å²) in [6.07, 6.45) is 11.8. The maximum Gasteiger partial charge on any atom is 0.151 e. The van der Waals surface area contributed by atoms with Gasteiger partial charge in [-0.25, -0.2) is 9.97 Å². The van der Waals surface area contributed by atoms with Gasteiger partial charge in [-0.2, -0.15) is 0 Å². The Morgan fingerprint density at radius 1 is 1.38 bits per heavy atom. The average Bonchev–Trinajstić information content (AvgIpc) is 2.94. The lowest BCUT2D eigenvalue weighted by Gasteiger charge is -2.19. The predicted molar refractivity (Wildman–Crippen MR) is 82.5 cm³/mol. The predicted octanol–water partition coefficient (Wildman–Crippen LogP) is 1.27. The summed E-state index contributed by atoms with van der Waals surface area (Å²) in [6.45, 7) is 0.669. The van der Waals surface area contributed by atoms with Crippen molar-refractivity contribution in [2.45, 2.75) is 25.4 Å². The zero-order chi connectivity index (χ0) is 14.7. The van der Waals surface area contributed by atoms with E-state index in [1.165, 1.54) is 6.33 Å². The number of aliphatic hydroxyl groups is 1. The Kier molecular flexibility index (Phi) is 3.98. The number of nitrogens with two attached hydrogens (primary N) is 1. The Morgan fingerprint density at radius 2 is 2.29 bits per heavy atom. The first kappa shape index (κ1) is 13.8. The summed E-state index contributed by atoms with van der Waals surface area (Å²) in [5.41, 5.74) is 9.53. The van der Waals surface area contributed by atoms with Crippen molar-refractivity contribution in [2.75, 3.05) is 12.3 Å². The Bertz CT molecular complexity index is 688. The van der Waals surface area contributed by atoms with Crippen molar-refractivity contribution in [2.24, 2.45) is 0 Å². The number of aromatic nitrogens is 3. The number of allylic oxidation sites excluding steroid dienone is 2. The fraction of sp³-hybridized carbons (Fsp3) is 0.333. The molecule has 110 valence electrons. The molecular weight excluding hydrogens is 266 g/mol. The van der Waals surface area contributed by atoms with Gasteiger partial charge < -0.3 is 21.1 Å². The third-order valence-corrected chi connectivity index (χ3v) is 3.72. The number of anilines is 1. The Labute approximate surface area is 122 Å². The van der Waals surface area contributed by atoms with Crippen LogP contribution in [0, 0.1) is 0 Å². The lowest BCUT2D eigenvalue weighted by molar-refractivity contribution is 0.259. The molecular formula is C15H19N5O. The molecule has 5 N–H and O–H groups in total. The monoisotopic (exact) mass is 285 g/mol. The second kappa shape index (κ2) is 6.07. The minimum absolute atomic E-state index is 0.0642. The van der Waals surface area contributed by atoms with Gasteiger partial charge in [-0.15, -0.1) is 0 Å². The number of hydrogen-bond donors (Lipinski definition) is 4. The van der Waals surface area contributed by atoms with Gasteiger partial charge in [0, 0.05) is 18.3 Å². The van der Waals surface area contributed by atoms with Crippen molar-refractivity contribution in [3.05, 3.63) is 41.9 Å². The molecule has 0 spiro atoms. The molecule has 6 nitrogen and oxygen atoms in total. The van der Waals surface area contributed by atoms with Gasteiger partial charge in [0.25, 0.3) is 0 Å². The van der Waals surface area contributed by atoms with Crippen molar-refractivity contribution >= 4 is 16.9 Å². The van der Waals surface area contributed by atoms with Gasteiger partial charge in [0.2, 0.25) is 0 Å². The quantitative estimate of drug-likeness (QED) is 0.663.